The van der Waals surface area contributed by atoms with Crippen LogP contribution in [-0.4, -0.2) is 29.0 Å². The molecule has 1 atom stereocenters. The Morgan fingerprint density at radius 3 is 3.00 bits per heavy atom. The lowest BCUT2D eigenvalue weighted by molar-refractivity contribution is 0.0936. The van der Waals surface area contributed by atoms with Crippen LogP contribution in [0.15, 0.2) is 0 Å². The van der Waals surface area contributed by atoms with Crippen LogP contribution < -0.4 is 5.32 Å². The third kappa shape index (κ3) is 2.03. The van der Waals surface area contributed by atoms with Crippen molar-refractivity contribution in [2.24, 2.45) is 5.41 Å². The fraction of sp³-hybridized carbons (Fsp3) is 0.692. The number of amides is 1. The molecule has 0 saturated carbocycles. The van der Waals surface area contributed by atoms with Gasteiger partial charge in [-0.05, 0) is 24.7 Å². The molecule has 0 bridgehead atoms. The Labute approximate surface area is 106 Å². The third-order valence-corrected chi connectivity index (χ3v) is 3.63. The summed E-state index contributed by atoms with van der Waals surface area (Å²) < 4.78 is 5.61. The van der Waals surface area contributed by atoms with Crippen LogP contribution in [0.2, 0.25) is 0 Å². The summed E-state index contributed by atoms with van der Waals surface area (Å²) in [6.07, 6.45) is 2.92. The summed E-state index contributed by atoms with van der Waals surface area (Å²) >= 11 is 0. The summed E-state index contributed by atoms with van der Waals surface area (Å²) in [5.74, 6) is 0.737. The molecule has 0 aromatic carbocycles. The summed E-state index contributed by atoms with van der Waals surface area (Å²) in [6, 6.07) is 0. The highest BCUT2D eigenvalue weighted by molar-refractivity contribution is 5.93. The minimum atomic E-state index is -0.0731. The van der Waals surface area contributed by atoms with E-state index >= 15 is 0 Å². The zero-order valence-electron chi connectivity index (χ0n) is 10.9. The highest BCUT2D eigenvalue weighted by Gasteiger charge is 2.31. The van der Waals surface area contributed by atoms with Crippen molar-refractivity contribution in [3.63, 3.8) is 0 Å². The first-order valence-corrected chi connectivity index (χ1v) is 6.54. The quantitative estimate of drug-likeness (QED) is 0.794. The first-order valence-electron chi connectivity index (χ1n) is 6.54. The average molecular weight is 249 g/mol. The number of imidazole rings is 1. The van der Waals surface area contributed by atoms with Gasteiger partial charge in [0.1, 0.15) is 17.6 Å². The second-order valence-electron chi connectivity index (χ2n) is 5.97. The van der Waals surface area contributed by atoms with Crippen molar-refractivity contribution >= 4 is 5.91 Å². The predicted molar refractivity (Wildman–Crippen MR) is 66.3 cm³/mol. The summed E-state index contributed by atoms with van der Waals surface area (Å²) in [5, 5.41) is 2.93. The number of hydrogen-bond acceptors (Lipinski definition) is 3. The van der Waals surface area contributed by atoms with Gasteiger partial charge in [-0.25, -0.2) is 4.98 Å². The second kappa shape index (κ2) is 4.09. The topological polar surface area (TPSA) is 67.0 Å². The number of carbonyl (C=O) groups excluding carboxylic acids is 1. The van der Waals surface area contributed by atoms with E-state index in [0.717, 1.165) is 37.4 Å². The van der Waals surface area contributed by atoms with Crippen molar-refractivity contribution in [3.05, 3.63) is 17.2 Å². The molecule has 3 rings (SSSR count). The largest absolute Gasteiger partial charge is 0.370 e. The van der Waals surface area contributed by atoms with Crippen molar-refractivity contribution in [3.8, 4) is 0 Å². The smallest absolute Gasteiger partial charge is 0.271 e. The molecular formula is C13H19N3O2. The monoisotopic (exact) mass is 249 g/mol. The fourth-order valence-corrected chi connectivity index (χ4v) is 2.64. The minimum absolute atomic E-state index is 0.0350. The molecular weight excluding hydrogens is 230 g/mol. The molecule has 0 radical (unpaired) electrons. The number of H-pyrrole nitrogens is 1. The van der Waals surface area contributed by atoms with E-state index in [9.17, 15) is 4.79 Å². The summed E-state index contributed by atoms with van der Waals surface area (Å²) in [6.45, 7) is 5.77. The first kappa shape index (κ1) is 11.7. The zero-order chi connectivity index (χ0) is 12.8. The Hall–Kier alpha value is -1.36. The van der Waals surface area contributed by atoms with E-state index in [4.69, 9.17) is 4.74 Å². The van der Waals surface area contributed by atoms with Gasteiger partial charge in [0.2, 0.25) is 0 Å². The van der Waals surface area contributed by atoms with Crippen LogP contribution in [0.25, 0.3) is 0 Å². The Bertz CT molecular complexity index is 473. The standard InChI is InChI=1S/C13H19N3O2/c1-13(2)6-8-10(12(17)14-7-13)16-11(15-8)9-4-3-5-18-9/h9H,3-7H2,1-2H3,(H,14,17)(H,15,16)/t9-/m1/s1. The zero-order valence-corrected chi connectivity index (χ0v) is 10.9. The van der Waals surface area contributed by atoms with Crippen molar-refractivity contribution in [1.82, 2.24) is 15.3 Å². The number of ether oxygens (including phenoxy) is 1. The molecule has 1 aromatic rings. The Morgan fingerprint density at radius 1 is 1.44 bits per heavy atom. The highest BCUT2D eigenvalue weighted by Crippen LogP contribution is 2.30. The molecule has 1 saturated heterocycles. The number of carbonyl (C=O) groups is 1. The van der Waals surface area contributed by atoms with E-state index in [1.165, 1.54) is 0 Å². The van der Waals surface area contributed by atoms with Gasteiger partial charge in [-0.15, -0.1) is 0 Å². The van der Waals surface area contributed by atoms with E-state index in [1.54, 1.807) is 0 Å². The van der Waals surface area contributed by atoms with Gasteiger partial charge >= 0.3 is 0 Å². The number of fused-ring (bicyclic) bond motifs is 1. The molecule has 5 nitrogen and oxygen atoms in total. The Morgan fingerprint density at radius 2 is 2.28 bits per heavy atom. The summed E-state index contributed by atoms with van der Waals surface area (Å²) in [7, 11) is 0. The molecule has 1 aromatic heterocycles. The molecule has 1 fully saturated rings. The van der Waals surface area contributed by atoms with E-state index in [-0.39, 0.29) is 17.4 Å². The van der Waals surface area contributed by atoms with Gasteiger partial charge in [0.25, 0.3) is 5.91 Å². The number of aromatic nitrogens is 2. The number of rotatable bonds is 1. The summed E-state index contributed by atoms with van der Waals surface area (Å²) in [4.78, 5) is 19.7. The molecule has 5 heteroatoms. The molecule has 18 heavy (non-hydrogen) atoms. The lowest BCUT2D eigenvalue weighted by atomic mass is 9.88. The number of nitrogens with one attached hydrogen (secondary N) is 2. The van der Waals surface area contributed by atoms with E-state index in [0.29, 0.717) is 12.2 Å². The maximum Gasteiger partial charge on any atom is 0.271 e. The van der Waals surface area contributed by atoms with Gasteiger partial charge < -0.3 is 15.0 Å². The van der Waals surface area contributed by atoms with Crippen LogP contribution in [0, 0.1) is 5.41 Å². The molecule has 0 aliphatic carbocycles. The lowest BCUT2D eigenvalue weighted by Crippen LogP contribution is -2.32. The molecule has 2 aliphatic rings. The first-order chi connectivity index (χ1) is 8.55. The van der Waals surface area contributed by atoms with Gasteiger partial charge in [0.05, 0.1) is 0 Å². The second-order valence-corrected chi connectivity index (χ2v) is 5.97. The van der Waals surface area contributed by atoms with Gasteiger partial charge in [-0.1, -0.05) is 13.8 Å². The molecule has 3 heterocycles. The summed E-state index contributed by atoms with van der Waals surface area (Å²) in [5.41, 5.74) is 1.55. The number of aromatic amines is 1. The van der Waals surface area contributed by atoms with Gasteiger partial charge in [0, 0.05) is 18.8 Å². The van der Waals surface area contributed by atoms with Crippen LogP contribution >= 0.6 is 0 Å². The van der Waals surface area contributed by atoms with Crippen molar-refractivity contribution < 1.29 is 9.53 Å². The normalized spacial score (nSPS) is 26.6. The molecule has 2 aliphatic heterocycles. The van der Waals surface area contributed by atoms with Gasteiger partial charge in [0.15, 0.2) is 0 Å². The SMILES string of the molecule is CC1(C)CNC(=O)c2nc([C@H]3CCCO3)[nH]c2C1. The molecule has 1 amide bonds. The maximum atomic E-state index is 12.0. The van der Waals surface area contributed by atoms with Crippen molar-refractivity contribution in [1.29, 1.82) is 0 Å². The lowest BCUT2D eigenvalue weighted by Gasteiger charge is -2.21. The van der Waals surface area contributed by atoms with Crippen LogP contribution in [0.5, 0.6) is 0 Å². The van der Waals surface area contributed by atoms with E-state index in [2.05, 4.69) is 29.1 Å². The number of hydrogen-bond donors (Lipinski definition) is 2. The average Bonchev–Trinajstić information content (AvgIpc) is 2.91. The molecule has 0 unspecified atom stereocenters. The highest BCUT2D eigenvalue weighted by atomic mass is 16.5. The van der Waals surface area contributed by atoms with Crippen LogP contribution in [-0.2, 0) is 11.2 Å². The maximum absolute atomic E-state index is 12.0. The van der Waals surface area contributed by atoms with Crippen LogP contribution in [0.3, 0.4) is 0 Å². The van der Waals surface area contributed by atoms with Crippen molar-refractivity contribution in [2.45, 2.75) is 39.2 Å². The number of nitrogens with zero attached hydrogens (tertiary/aromatic N) is 1. The van der Waals surface area contributed by atoms with Crippen molar-refractivity contribution in [2.75, 3.05) is 13.2 Å². The Kier molecular flexibility index (Phi) is 2.66. The van der Waals surface area contributed by atoms with E-state index in [1.807, 2.05) is 0 Å². The molecule has 98 valence electrons. The molecule has 2 N–H and O–H groups in total. The van der Waals surface area contributed by atoms with Crippen LogP contribution in [0.4, 0.5) is 0 Å². The van der Waals surface area contributed by atoms with Gasteiger partial charge in [-0.3, -0.25) is 4.79 Å². The van der Waals surface area contributed by atoms with E-state index < -0.39 is 0 Å². The minimum Gasteiger partial charge on any atom is -0.370 e. The third-order valence-electron chi connectivity index (χ3n) is 3.63. The fourth-order valence-electron chi connectivity index (χ4n) is 2.64. The Balaban J connectivity index is 1.94. The predicted octanol–water partition coefficient (Wildman–Crippen LogP) is 1.57. The van der Waals surface area contributed by atoms with Gasteiger partial charge in [-0.2, -0.15) is 0 Å². The van der Waals surface area contributed by atoms with Crippen LogP contribution in [0.1, 0.15) is 54.8 Å². The molecule has 0 spiro atoms.